The maximum Gasteiger partial charge on any atom is 0.220 e. The van der Waals surface area contributed by atoms with Crippen LogP contribution in [0.3, 0.4) is 0 Å². The van der Waals surface area contributed by atoms with E-state index in [1.54, 1.807) is 0 Å². The van der Waals surface area contributed by atoms with Crippen molar-refractivity contribution in [2.24, 2.45) is 0 Å². The fraction of sp³-hybridized carbons (Fsp3) is 0.632. The van der Waals surface area contributed by atoms with Crippen LogP contribution in [0.15, 0.2) is 30.3 Å². The van der Waals surface area contributed by atoms with Crippen LogP contribution >= 0.6 is 0 Å². The fourth-order valence-electron chi connectivity index (χ4n) is 3.85. The Morgan fingerprint density at radius 2 is 1.68 bits per heavy atom. The Balaban J connectivity index is 1.37. The molecule has 6 heteroatoms. The van der Waals surface area contributed by atoms with Gasteiger partial charge in [0.05, 0.1) is 11.5 Å². The number of amides is 1. The Morgan fingerprint density at radius 3 is 2.32 bits per heavy atom. The molecule has 2 saturated heterocycles. The van der Waals surface area contributed by atoms with Gasteiger partial charge in [-0.25, -0.2) is 8.42 Å². The maximum atomic E-state index is 12.1. The van der Waals surface area contributed by atoms with E-state index >= 15 is 0 Å². The van der Waals surface area contributed by atoms with Crippen LogP contribution in [-0.2, 0) is 21.1 Å². The first-order chi connectivity index (χ1) is 12.0. The number of hydrogen-bond acceptors (Lipinski definition) is 4. The first-order valence-corrected chi connectivity index (χ1v) is 11.1. The number of carbonyl (C=O) groups excluding carboxylic acids is 1. The number of piperidine rings is 1. The number of sulfone groups is 1. The topological polar surface area (TPSA) is 66.5 Å². The van der Waals surface area contributed by atoms with Crippen LogP contribution in [0.2, 0.25) is 0 Å². The quantitative estimate of drug-likeness (QED) is 0.865. The normalized spacial score (nSPS) is 22.6. The van der Waals surface area contributed by atoms with Gasteiger partial charge in [-0.15, -0.1) is 0 Å². The summed E-state index contributed by atoms with van der Waals surface area (Å²) < 4.78 is 23.1. The second-order valence-corrected chi connectivity index (χ2v) is 9.55. The highest BCUT2D eigenvalue weighted by atomic mass is 32.2. The smallest absolute Gasteiger partial charge is 0.220 e. The maximum absolute atomic E-state index is 12.1. The Kier molecular flexibility index (Phi) is 6.12. The predicted octanol–water partition coefficient (Wildman–Crippen LogP) is 1.78. The first kappa shape index (κ1) is 18.4. The molecule has 1 amide bonds. The van der Waals surface area contributed by atoms with Crippen LogP contribution in [0.5, 0.6) is 0 Å². The molecule has 3 rings (SSSR count). The Morgan fingerprint density at radius 1 is 1.04 bits per heavy atom. The fourth-order valence-corrected chi connectivity index (χ4v) is 5.32. The highest BCUT2D eigenvalue weighted by molar-refractivity contribution is 7.91. The summed E-state index contributed by atoms with van der Waals surface area (Å²) in [5.74, 6) is 0.785. The van der Waals surface area contributed by atoms with Crippen molar-refractivity contribution in [2.45, 2.75) is 50.6 Å². The summed E-state index contributed by atoms with van der Waals surface area (Å²) in [6.45, 7) is 1.91. The number of carbonyl (C=O) groups is 1. The zero-order valence-electron chi connectivity index (χ0n) is 14.7. The second kappa shape index (κ2) is 8.32. The first-order valence-electron chi connectivity index (χ1n) is 9.29. The van der Waals surface area contributed by atoms with Crippen LogP contribution in [0.1, 0.15) is 37.7 Å². The zero-order chi connectivity index (χ0) is 17.7. The van der Waals surface area contributed by atoms with E-state index in [9.17, 15) is 13.2 Å². The van der Waals surface area contributed by atoms with E-state index < -0.39 is 9.84 Å². The molecule has 0 spiro atoms. The molecule has 0 atom stereocenters. The number of nitrogens with one attached hydrogen (secondary N) is 1. The van der Waals surface area contributed by atoms with Gasteiger partial charge in [-0.05, 0) is 37.7 Å². The molecular weight excluding hydrogens is 336 g/mol. The number of benzene rings is 1. The van der Waals surface area contributed by atoms with E-state index in [1.807, 2.05) is 18.2 Å². The lowest BCUT2D eigenvalue weighted by Crippen LogP contribution is -2.49. The van der Waals surface area contributed by atoms with Gasteiger partial charge in [-0.2, -0.15) is 0 Å². The zero-order valence-corrected chi connectivity index (χ0v) is 15.5. The van der Waals surface area contributed by atoms with Crippen LogP contribution in [-0.4, -0.2) is 55.9 Å². The second-order valence-electron chi connectivity index (χ2n) is 7.25. The SMILES string of the molecule is O=C(CCc1ccccc1)NC1CCN(C2CCS(=O)(=O)CC2)CC1. The molecule has 0 radical (unpaired) electrons. The van der Waals surface area contributed by atoms with Crippen molar-refractivity contribution in [1.82, 2.24) is 10.2 Å². The molecule has 1 N–H and O–H groups in total. The third kappa shape index (κ3) is 5.54. The monoisotopic (exact) mass is 364 g/mol. The van der Waals surface area contributed by atoms with Crippen molar-refractivity contribution in [3.8, 4) is 0 Å². The Labute approximate surface area is 150 Å². The molecular formula is C19H28N2O3S. The van der Waals surface area contributed by atoms with Crippen molar-refractivity contribution in [1.29, 1.82) is 0 Å². The van der Waals surface area contributed by atoms with Crippen molar-refractivity contribution in [2.75, 3.05) is 24.6 Å². The predicted molar refractivity (Wildman–Crippen MR) is 99.2 cm³/mol. The third-order valence-corrected chi connectivity index (χ3v) is 7.13. The minimum absolute atomic E-state index is 0.131. The van der Waals surface area contributed by atoms with Crippen molar-refractivity contribution in [3.05, 3.63) is 35.9 Å². The molecule has 2 aliphatic heterocycles. The number of hydrogen-bond donors (Lipinski definition) is 1. The molecule has 2 heterocycles. The molecule has 2 aliphatic rings. The minimum atomic E-state index is -2.79. The van der Waals surface area contributed by atoms with E-state index in [0.717, 1.165) is 45.2 Å². The van der Waals surface area contributed by atoms with Gasteiger partial charge < -0.3 is 10.2 Å². The summed E-state index contributed by atoms with van der Waals surface area (Å²) in [7, 11) is -2.79. The average Bonchev–Trinajstić information content (AvgIpc) is 2.62. The molecule has 0 aliphatic carbocycles. The van der Waals surface area contributed by atoms with Gasteiger partial charge in [0.1, 0.15) is 9.84 Å². The molecule has 0 unspecified atom stereocenters. The standard InChI is InChI=1S/C19H28N2O3S/c22-19(7-6-16-4-2-1-3-5-16)20-17-8-12-21(13-9-17)18-10-14-25(23,24)15-11-18/h1-5,17-18H,6-15H2,(H,20,22). The Bertz CT molecular complexity index is 653. The lowest BCUT2D eigenvalue weighted by molar-refractivity contribution is -0.122. The van der Waals surface area contributed by atoms with Gasteiger partial charge in [0.25, 0.3) is 0 Å². The molecule has 25 heavy (non-hydrogen) atoms. The number of likely N-dealkylation sites (tertiary alicyclic amines) is 1. The van der Waals surface area contributed by atoms with Gasteiger partial charge in [-0.3, -0.25) is 4.79 Å². The molecule has 2 fully saturated rings. The van der Waals surface area contributed by atoms with Gasteiger partial charge in [-0.1, -0.05) is 30.3 Å². The summed E-state index contributed by atoms with van der Waals surface area (Å²) in [5.41, 5.74) is 1.19. The summed E-state index contributed by atoms with van der Waals surface area (Å²) in [6, 6.07) is 10.7. The molecule has 5 nitrogen and oxygen atoms in total. The Hall–Kier alpha value is -1.40. The molecule has 1 aromatic rings. The number of aryl methyl sites for hydroxylation is 1. The average molecular weight is 365 g/mol. The summed E-state index contributed by atoms with van der Waals surface area (Å²) in [4.78, 5) is 14.6. The summed E-state index contributed by atoms with van der Waals surface area (Å²) in [5, 5.41) is 3.16. The van der Waals surface area contributed by atoms with Crippen molar-refractivity contribution in [3.63, 3.8) is 0 Å². The van der Waals surface area contributed by atoms with Gasteiger partial charge >= 0.3 is 0 Å². The highest BCUT2D eigenvalue weighted by Crippen LogP contribution is 2.22. The number of nitrogens with zero attached hydrogens (tertiary/aromatic N) is 1. The van der Waals surface area contributed by atoms with E-state index in [2.05, 4.69) is 22.3 Å². The van der Waals surface area contributed by atoms with Gasteiger partial charge in [0.15, 0.2) is 0 Å². The van der Waals surface area contributed by atoms with Gasteiger partial charge in [0.2, 0.25) is 5.91 Å². The van der Waals surface area contributed by atoms with Crippen molar-refractivity contribution >= 4 is 15.7 Å². The highest BCUT2D eigenvalue weighted by Gasteiger charge is 2.30. The number of rotatable bonds is 5. The van der Waals surface area contributed by atoms with Gasteiger partial charge in [0, 0.05) is 31.6 Å². The summed E-state index contributed by atoms with van der Waals surface area (Å²) in [6.07, 6.45) is 4.75. The van der Waals surface area contributed by atoms with Crippen LogP contribution in [0, 0.1) is 0 Å². The lowest BCUT2D eigenvalue weighted by atomic mass is 10.0. The largest absolute Gasteiger partial charge is 0.353 e. The lowest BCUT2D eigenvalue weighted by Gasteiger charge is -2.39. The van der Waals surface area contributed by atoms with Crippen molar-refractivity contribution < 1.29 is 13.2 Å². The summed E-state index contributed by atoms with van der Waals surface area (Å²) >= 11 is 0. The molecule has 138 valence electrons. The van der Waals surface area contributed by atoms with E-state index in [-0.39, 0.29) is 11.9 Å². The van der Waals surface area contributed by atoms with E-state index in [0.29, 0.717) is 24.0 Å². The van der Waals surface area contributed by atoms with Crippen LogP contribution < -0.4 is 5.32 Å². The van der Waals surface area contributed by atoms with E-state index in [1.165, 1.54) is 5.56 Å². The molecule has 0 saturated carbocycles. The minimum Gasteiger partial charge on any atom is -0.353 e. The van der Waals surface area contributed by atoms with E-state index in [4.69, 9.17) is 0 Å². The molecule has 0 bridgehead atoms. The third-order valence-electron chi connectivity index (χ3n) is 5.42. The van der Waals surface area contributed by atoms with Crippen LogP contribution in [0.25, 0.3) is 0 Å². The molecule has 0 aromatic heterocycles. The van der Waals surface area contributed by atoms with Crippen LogP contribution in [0.4, 0.5) is 0 Å². The molecule has 1 aromatic carbocycles.